The van der Waals surface area contributed by atoms with Gasteiger partial charge in [-0.2, -0.15) is 0 Å². The predicted molar refractivity (Wildman–Crippen MR) is 79.3 cm³/mol. The van der Waals surface area contributed by atoms with Crippen LogP contribution in [-0.4, -0.2) is 5.11 Å². The number of nitrogens with one attached hydrogen (secondary N) is 1. The van der Waals surface area contributed by atoms with Crippen molar-refractivity contribution in [3.8, 4) is 5.75 Å². The Bertz CT molecular complexity index is 550. The normalized spacial score (nSPS) is 14.1. The van der Waals surface area contributed by atoms with Crippen LogP contribution in [0.2, 0.25) is 0 Å². The Morgan fingerprint density at radius 1 is 0.947 bits per heavy atom. The number of hydrogen-bond donors (Lipinski definition) is 2. The quantitative estimate of drug-likeness (QED) is 0.861. The average Bonchev–Trinajstić information content (AvgIpc) is 2.39. The summed E-state index contributed by atoms with van der Waals surface area (Å²) in [6.07, 6.45) is 0. The predicted octanol–water partition coefficient (Wildman–Crippen LogP) is 4.11. The zero-order valence-electron chi connectivity index (χ0n) is 11.7. The number of phenols is 1. The molecule has 100 valence electrons. The fourth-order valence-corrected chi connectivity index (χ4v) is 2.43. The molecule has 1 unspecified atom stereocenters. The van der Waals surface area contributed by atoms with E-state index in [0.717, 1.165) is 5.56 Å². The monoisotopic (exact) mass is 255 g/mol. The Labute approximate surface area is 115 Å². The largest absolute Gasteiger partial charge is 0.508 e. The number of benzene rings is 2. The van der Waals surface area contributed by atoms with Gasteiger partial charge in [-0.3, -0.25) is 0 Å². The first kappa shape index (κ1) is 13.6. The first-order chi connectivity index (χ1) is 9.08. The van der Waals surface area contributed by atoms with E-state index in [2.05, 4.69) is 50.4 Å². The van der Waals surface area contributed by atoms with Crippen molar-refractivity contribution in [3.05, 3.63) is 65.2 Å². The molecule has 2 aromatic carbocycles. The highest BCUT2D eigenvalue weighted by atomic mass is 16.3. The van der Waals surface area contributed by atoms with Crippen LogP contribution in [0.5, 0.6) is 5.75 Å². The molecule has 2 heteroatoms. The lowest BCUT2D eigenvalue weighted by molar-refractivity contribution is 0.466. The number of aryl methyl sites for hydroxylation is 1. The van der Waals surface area contributed by atoms with Crippen LogP contribution >= 0.6 is 0 Å². The van der Waals surface area contributed by atoms with Gasteiger partial charge in [-0.15, -0.1) is 0 Å². The maximum absolute atomic E-state index is 9.53. The molecule has 0 radical (unpaired) electrons. The van der Waals surface area contributed by atoms with E-state index in [9.17, 15) is 5.11 Å². The van der Waals surface area contributed by atoms with Crippen LogP contribution in [0.1, 0.15) is 42.6 Å². The highest BCUT2D eigenvalue weighted by Crippen LogP contribution is 2.23. The summed E-state index contributed by atoms with van der Waals surface area (Å²) in [5, 5.41) is 13.1. The fraction of sp³-hybridized carbons (Fsp3) is 0.294. The molecule has 2 atom stereocenters. The van der Waals surface area contributed by atoms with Crippen molar-refractivity contribution < 1.29 is 5.11 Å². The second-order valence-electron chi connectivity index (χ2n) is 5.06. The van der Waals surface area contributed by atoms with Crippen molar-refractivity contribution in [2.24, 2.45) is 0 Å². The molecule has 0 heterocycles. The summed E-state index contributed by atoms with van der Waals surface area (Å²) >= 11 is 0. The van der Waals surface area contributed by atoms with E-state index in [1.807, 2.05) is 18.2 Å². The van der Waals surface area contributed by atoms with Crippen molar-refractivity contribution in [1.82, 2.24) is 5.32 Å². The summed E-state index contributed by atoms with van der Waals surface area (Å²) in [5.74, 6) is 0.315. The maximum atomic E-state index is 9.53. The summed E-state index contributed by atoms with van der Waals surface area (Å²) < 4.78 is 0. The molecular weight excluding hydrogens is 234 g/mol. The Kier molecular flexibility index (Phi) is 4.23. The van der Waals surface area contributed by atoms with E-state index in [-0.39, 0.29) is 12.1 Å². The first-order valence-electron chi connectivity index (χ1n) is 6.68. The second-order valence-corrected chi connectivity index (χ2v) is 5.06. The third-order valence-corrected chi connectivity index (χ3v) is 3.53. The summed E-state index contributed by atoms with van der Waals surface area (Å²) in [5.41, 5.74) is 3.71. The molecule has 2 N–H and O–H groups in total. The molecule has 0 bridgehead atoms. The van der Waals surface area contributed by atoms with Crippen LogP contribution < -0.4 is 5.32 Å². The summed E-state index contributed by atoms with van der Waals surface area (Å²) in [7, 11) is 0. The Morgan fingerprint density at radius 3 is 2.37 bits per heavy atom. The number of phenolic OH excluding ortho intramolecular Hbond substituents is 1. The van der Waals surface area contributed by atoms with Gasteiger partial charge in [0.2, 0.25) is 0 Å². The van der Waals surface area contributed by atoms with Crippen LogP contribution in [0.3, 0.4) is 0 Å². The van der Waals surface area contributed by atoms with E-state index in [0.29, 0.717) is 5.75 Å². The van der Waals surface area contributed by atoms with Crippen LogP contribution in [0, 0.1) is 6.92 Å². The minimum atomic E-state index is 0.196. The molecule has 2 rings (SSSR count). The zero-order chi connectivity index (χ0) is 13.8. The topological polar surface area (TPSA) is 32.3 Å². The van der Waals surface area contributed by atoms with Gasteiger partial charge in [0, 0.05) is 12.1 Å². The molecule has 0 aliphatic heterocycles. The molecule has 0 amide bonds. The Balaban J connectivity index is 2.11. The molecule has 0 fully saturated rings. The summed E-state index contributed by atoms with van der Waals surface area (Å²) in [6, 6.07) is 16.3. The highest BCUT2D eigenvalue weighted by molar-refractivity contribution is 5.31. The Morgan fingerprint density at radius 2 is 1.68 bits per heavy atom. The van der Waals surface area contributed by atoms with E-state index >= 15 is 0 Å². The van der Waals surface area contributed by atoms with Crippen molar-refractivity contribution in [1.29, 1.82) is 0 Å². The second kappa shape index (κ2) is 5.89. The lowest BCUT2D eigenvalue weighted by Crippen LogP contribution is -2.23. The molecule has 0 aliphatic rings. The molecule has 0 saturated carbocycles. The third-order valence-electron chi connectivity index (χ3n) is 3.53. The van der Waals surface area contributed by atoms with Gasteiger partial charge in [0.15, 0.2) is 0 Å². The van der Waals surface area contributed by atoms with Crippen molar-refractivity contribution in [3.63, 3.8) is 0 Å². The molecule has 0 spiro atoms. The lowest BCUT2D eigenvalue weighted by atomic mass is 10.0. The average molecular weight is 255 g/mol. The van der Waals surface area contributed by atoms with Gasteiger partial charge < -0.3 is 10.4 Å². The van der Waals surface area contributed by atoms with Crippen LogP contribution in [0.4, 0.5) is 0 Å². The molecule has 2 nitrogen and oxygen atoms in total. The summed E-state index contributed by atoms with van der Waals surface area (Å²) in [6.45, 7) is 6.41. The summed E-state index contributed by atoms with van der Waals surface area (Å²) in [4.78, 5) is 0. The van der Waals surface area contributed by atoms with Gasteiger partial charge in [-0.1, -0.05) is 36.4 Å². The first-order valence-corrected chi connectivity index (χ1v) is 6.68. The molecule has 0 aliphatic carbocycles. The highest BCUT2D eigenvalue weighted by Gasteiger charge is 2.12. The lowest BCUT2D eigenvalue weighted by Gasteiger charge is -2.22. The maximum Gasteiger partial charge on any atom is 0.115 e. The van der Waals surface area contributed by atoms with Gasteiger partial charge in [0.1, 0.15) is 5.75 Å². The standard InChI is InChI=1S/C17H21NO/c1-12-7-4-5-10-17(12)14(3)18-13(2)15-8-6-9-16(19)11-15/h4-11,13-14,18-19H,1-3H3/t13?,14-/m1/s1. The molecule has 0 aromatic heterocycles. The zero-order valence-corrected chi connectivity index (χ0v) is 11.7. The van der Waals surface area contributed by atoms with E-state index < -0.39 is 0 Å². The third kappa shape index (κ3) is 3.36. The van der Waals surface area contributed by atoms with Gasteiger partial charge >= 0.3 is 0 Å². The van der Waals surface area contributed by atoms with E-state index in [4.69, 9.17) is 0 Å². The number of rotatable bonds is 4. The fourth-order valence-electron chi connectivity index (χ4n) is 2.43. The Hall–Kier alpha value is -1.80. The molecule has 2 aromatic rings. The van der Waals surface area contributed by atoms with E-state index in [1.165, 1.54) is 11.1 Å². The minimum absolute atomic E-state index is 0.196. The van der Waals surface area contributed by atoms with Crippen molar-refractivity contribution >= 4 is 0 Å². The van der Waals surface area contributed by atoms with Crippen molar-refractivity contribution in [2.45, 2.75) is 32.9 Å². The molecule has 0 saturated heterocycles. The van der Waals surface area contributed by atoms with Gasteiger partial charge in [-0.25, -0.2) is 0 Å². The molecule has 19 heavy (non-hydrogen) atoms. The van der Waals surface area contributed by atoms with Gasteiger partial charge in [0.05, 0.1) is 0 Å². The SMILES string of the molecule is Cc1ccccc1[C@@H](C)NC(C)c1cccc(O)c1. The van der Waals surface area contributed by atoms with Crippen LogP contribution in [-0.2, 0) is 0 Å². The van der Waals surface area contributed by atoms with Gasteiger partial charge in [0.25, 0.3) is 0 Å². The number of aromatic hydroxyl groups is 1. The van der Waals surface area contributed by atoms with Crippen molar-refractivity contribution in [2.75, 3.05) is 0 Å². The minimum Gasteiger partial charge on any atom is -0.508 e. The van der Waals surface area contributed by atoms with Crippen LogP contribution in [0.25, 0.3) is 0 Å². The van der Waals surface area contributed by atoms with Crippen LogP contribution in [0.15, 0.2) is 48.5 Å². The number of hydrogen-bond acceptors (Lipinski definition) is 2. The smallest absolute Gasteiger partial charge is 0.115 e. The van der Waals surface area contributed by atoms with E-state index in [1.54, 1.807) is 6.07 Å². The van der Waals surface area contributed by atoms with Gasteiger partial charge in [-0.05, 0) is 49.6 Å². The molecular formula is C17H21NO.